The Kier molecular flexibility index (Phi) is 5.99. The van der Waals surface area contributed by atoms with Crippen LogP contribution in [0, 0.1) is 5.82 Å². The summed E-state index contributed by atoms with van der Waals surface area (Å²) >= 11 is 1.30. The second-order valence-electron chi connectivity index (χ2n) is 7.44. The van der Waals surface area contributed by atoms with E-state index in [4.69, 9.17) is 0 Å². The first-order chi connectivity index (χ1) is 14.5. The van der Waals surface area contributed by atoms with Gasteiger partial charge in [-0.2, -0.15) is 0 Å². The number of carbonyl (C=O) groups excluding carboxylic acids is 2. The summed E-state index contributed by atoms with van der Waals surface area (Å²) in [5.41, 5.74) is 2.04. The zero-order valence-corrected chi connectivity index (χ0v) is 17.4. The molecule has 154 valence electrons. The number of pyridine rings is 1. The van der Waals surface area contributed by atoms with Gasteiger partial charge in [0.05, 0.1) is 21.9 Å². The van der Waals surface area contributed by atoms with Gasteiger partial charge in [-0.05, 0) is 42.7 Å². The summed E-state index contributed by atoms with van der Waals surface area (Å²) < 4.78 is 13.4. The predicted molar refractivity (Wildman–Crippen MR) is 116 cm³/mol. The van der Waals surface area contributed by atoms with E-state index in [9.17, 15) is 14.0 Å². The molecule has 1 heterocycles. The molecule has 1 aromatic heterocycles. The minimum atomic E-state index is -0.319. The van der Waals surface area contributed by atoms with Gasteiger partial charge in [0.15, 0.2) is 0 Å². The Morgan fingerprint density at radius 2 is 1.97 bits per heavy atom. The van der Waals surface area contributed by atoms with Crippen molar-refractivity contribution < 1.29 is 14.0 Å². The highest BCUT2D eigenvalue weighted by molar-refractivity contribution is 7.99. The van der Waals surface area contributed by atoms with Crippen LogP contribution >= 0.6 is 11.8 Å². The number of hydrogen-bond acceptors (Lipinski definition) is 4. The van der Waals surface area contributed by atoms with Crippen molar-refractivity contribution in [3.8, 4) is 0 Å². The molecule has 3 aromatic rings. The van der Waals surface area contributed by atoms with Crippen LogP contribution < -0.4 is 5.32 Å². The van der Waals surface area contributed by atoms with Gasteiger partial charge in [-0.3, -0.25) is 9.59 Å². The summed E-state index contributed by atoms with van der Waals surface area (Å²) in [4.78, 5) is 31.4. The molecule has 2 aromatic carbocycles. The normalized spacial score (nSPS) is 13.3. The van der Waals surface area contributed by atoms with Crippen LogP contribution in [-0.2, 0) is 11.3 Å². The van der Waals surface area contributed by atoms with Crippen LogP contribution in [0.5, 0.6) is 0 Å². The Morgan fingerprint density at radius 3 is 2.73 bits per heavy atom. The first kappa shape index (κ1) is 20.3. The Bertz CT molecular complexity index is 1100. The fourth-order valence-corrected chi connectivity index (χ4v) is 4.00. The molecule has 5 nitrogen and oxygen atoms in total. The number of amides is 2. The van der Waals surface area contributed by atoms with Crippen molar-refractivity contribution in [2.24, 2.45) is 0 Å². The second kappa shape index (κ2) is 8.83. The molecule has 4 rings (SSSR count). The van der Waals surface area contributed by atoms with Crippen molar-refractivity contribution in [1.82, 2.24) is 15.2 Å². The quantitative estimate of drug-likeness (QED) is 0.583. The fraction of sp³-hybridized carbons (Fsp3) is 0.261. The highest BCUT2D eigenvalue weighted by Crippen LogP contribution is 2.26. The smallest absolute Gasteiger partial charge is 0.252 e. The third kappa shape index (κ3) is 4.97. The molecule has 1 saturated carbocycles. The van der Waals surface area contributed by atoms with Crippen molar-refractivity contribution in [3.05, 3.63) is 71.5 Å². The minimum absolute atomic E-state index is 0.0943. The first-order valence-electron chi connectivity index (χ1n) is 9.81. The molecular formula is C23H22FN3O2S. The molecule has 1 fully saturated rings. The molecule has 0 bridgehead atoms. The van der Waals surface area contributed by atoms with E-state index in [1.165, 1.54) is 23.9 Å². The summed E-state index contributed by atoms with van der Waals surface area (Å²) in [5, 5.41) is 4.45. The van der Waals surface area contributed by atoms with E-state index in [-0.39, 0.29) is 29.4 Å². The summed E-state index contributed by atoms with van der Waals surface area (Å²) in [6.45, 7) is 0.331. The van der Waals surface area contributed by atoms with E-state index in [1.54, 1.807) is 30.1 Å². The van der Waals surface area contributed by atoms with Crippen LogP contribution in [0.1, 0.15) is 28.8 Å². The number of aromatic nitrogens is 1. The molecule has 0 radical (unpaired) electrons. The highest BCUT2D eigenvalue weighted by atomic mass is 32.2. The molecule has 7 heteroatoms. The van der Waals surface area contributed by atoms with Gasteiger partial charge in [-0.15, -0.1) is 0 Å². The molecule has 1 aliphatic rings. The molecule has 1 N–H and O–H groups in total. The predicted octanol–water partition coefficient (Wildman–Crippen LogP) is 4.02. The van der Waals surface area contributed by atoms with Gasteiger partial charge in [0.2, 0.25) is 5.91 Å². The summed E-state index contributed by atoms with van der Waals surface area (Å²) in [6, 6.07) is 15.8. The highest BCUT2D eigenvalue weighted by Gasteiger charge is 2.25. The maximum atomic E-state index is 13.4. The largest absolute Gasteiger partial charge is 0.349 e. The van der Waals surface area contributed by atoms with Gasteiger partial charge in [-0.25, -0.2) is 9.37 Å². The lowest BCUT2D eigenvalue weighted by atomic mass is 10.1. The topological polar surface area (TPSA) is 62.3 Å². The molecular weight excluding hydrogens is 401 g/mol. The zero-order chi connectivity index (χ0) is 21.1. The third-order valence-corrected chi connectivity index (χ3v) is 5.82. The van der Waals surface area contributed by atoms with Gasteiger partial charge in [-0.1, -0.05) is 42.1 Å². The minimum Gasteiger partial charge on any atom is -0.349 e. The lowest BCUT2D eigenvalue weighted by Crippen LogP contribution is -2.28. The summed E-state index contributed by atoms with van der Waals surface area (Å²) in [7, 11) is 1.69. The lowest BCUT2D eigenvalue weighted by Gasteiger charge is -2.17. The van der Waals surface area contributed by atoms with Gasteiger partial charge in [0, 0.05) is 25.0 Å². The molecule has 30 heavy (non-hydrogen) atoms. The van der Waals surface area contributed by atoms with Crippen molar-refractivity contribution in [3.63, 3.8) is 0 Å². The lowest BCUT2D eigenvalue weighted by molar-refractivity contribution is -0.127. The Labute approximate surface area is 178 Å². The van der Waals surface area contributed by atoms with Gasteiger partial charge >= 0.3 is 0 Å². The van der Waals surface area contributed by atoms with Crippen LogP contribution in [0.2, 0.25) is 0 Å². The number of rotatable bonds is 7. The second-order valence-corrected chi connectivity index (χ2v) is 8.44. The third-order valence-electron chi connectivity index (χ3n) is 4.93. The monoisotopic (exact) mass is 423 g/mol. The maximum absolute atomic E-state index is 13.4. The van der Waals surface area contributed by atoms with E-state index in [2.05, 4.69) is 10.3 Å². The van der Waals surface area contributed by atoms with E-state index in [0.29, 0.717) is 17.1 Å². The van der Waals surface area contributed by atoms with E-state index in [1.807, 2.05) is 24.3 Å². The molecule has 0 saturated heterocycles. The van der Waals surface area contributed by atoms with Crippen molar-refractivity contribution in [1.29, 1.82) is 0 Å². The average molecular weight is 424 g/mol. The molecule has 2 amide bonds. The fourth-order valence-electron chi connectivity index (χ4n) is 3.15. The van der Waals surface area contributed by atoms with E-state index in [0.717, 1.165) is 29.3 Å². The number of benzene rings is 2. The molecule has 0 spiro atoms. The van der Waals surface area contributed by atoms with Crippen LogP contribution in [0.3, 0.4) is 0 Å². The molecule has 1 aliphatic carbocycles. The number of hydrogen-bond donors (Lipinski definition) is 1. The number of nitrogens with zero attached hydrogens (tertiary/aromatic N) is 2. The number of thioether (sulfide) groups is 1. The number of carbonyl (C=O) groups is 2. The van der Waals surface area contributed by atoms with Crippen LogP contribution in [0.4, 0.5) is 4.39 Å². The van der Waals surface area contributed by atoms with Crippen molar-refractivity contribution >= 4 is 34.5 Å². The van der Waals surface area contributed by atoms with E-state index >= 15 is 0 Å². The van der Waals surface area contributed by atoms with Crippen molar-refractivity contribution in [2.45, 2.75) is 30.5 Å². The Morgan fingerprint density at radius 1 is 1.17 bits per heavy atom. The number of halogens is 1. The van der Waals surface area contributed by atoms with Crippen LogP contribution in [0.25, 0.3) is 10.9 Å². The molecule has 0 unspecified atom stereocenters. The number of para-hydroxylation sites is 1. The molecule has 0 aliphatic heterocycles. The zero-order valence-electron chi connectivity index (χ0n) is 16.6. The van der Waals surface area contributed by atoms with Crippen molar-refractivity contribution in [2.75, 3.05) is 12.8 Å². The summed E-state index contributed by atoms with van der Waals surface area (Å²) in [5.74, 6) is -0.336. The van der Waals surface area contributed by atoms with Crippen LogP contribution in [0.15, 0.2) is 59.6 Å². The summed E-state index contributed by atoms with van der Waals surface area (Å²) in [6.07, 6.45) is 2.03. The number of nitrogens with one attached hydrogen (secondary N) is 1. The first-order valence-corrected chi connectivity index (χ1v) is 10.8. The SMILES string of the molecule is CN(Cc1cccc(F)c1)C(=O)CSc1cc(C(=O)NC2CC2)c2ccccc2n1. The van der Waals surface area contributed by atoms with E-state index < -0.39 is 0 Å². The van der Waals surface area contributed by atoms with Gasteiger partial charge in [0.25, 0.3) is 5.91 Å². The molecule has 0 atom stereocenters. The Balaban J connectivity index is 1.46. The van der Waals surface area contributed by atoms with Gasteiger partial charge in [0.1, 0.15) is 5.82 Å². The Hall–Kier alpha value is -2.93. The standard InChI is InChI=1S/C23H22FN3O2S/c1-27(13-15-5-4-6-16(24)11-15)22(28)14-30-21-12-19(23(29)25-17-9-10-17)18-7-2-3-8-20(18)26-21/h2-8,11-12,17H,9-10,13-14H2,1H3,(H,25,29). The average Bonchev–Trinajstić information content (AvgIpc) is 3.55. The van der Waals surface area contributed by atoms with Crippen LogP contribution in [-0.4, -0.2) is 40.5 Å². The van der Waals surface area contributed by atoms with Gasteiger partial charge < -0.3 is 10.2 Å². The maximum Gasteiger partial charge on any atom is 0.252 e. The number of fused-ring (bicyclic) bond motifs is 1.